The summed E-state index contributed by atoms with van der Waals surface area (Å²) in [5, 5.41) is 5.40. The molecular formula is C21H24ClN5OS. The van der Waals surface area contributed by atoms with Gasteiger partial charge < -0.3 is 4.74 Å². The molecule has 0 saturated carbocycles. The lowest BCUT2D eigenvalue weighted by Crippen LogP contribution is -2.25. The molecule has 6 nitrogen and oxygen atoms in total. The van der Waals surface area contributed by atoms with Gasteiger partial charge in [-0.3, -0.25) is 14.5 Å². The Kier molecular flexibility index (Phi) is 7.57. The van der Waals surface area contributed by atoms with Gasteiger partial charge in [0.25, 0.3) is 0 Å². The summed E-state index contributed by atoms with van der Waals surface area (Å²) in [5.74, 6) is 1.58. The van der Waals surface area contributed by atoms with Gasteiger partial charge in [-0.05, 0) is 56.0 Å². The first-order valence-electron chi connectivity index (χ1n) is 9.34. The third-order valence-corrected chi connectivity index (χ3v) is 4.94. The maximum atomic E-state index is 5.97. The zero-order valence-corrected chi connectivity index (χ0v) is 17.9. The van der Waals surface area contributed by atoms with Crippen LogP contribution in [0.5, 0.6) is 5.75 Å². The van der Waals surface area contributed by atoms with Crippen LogP contribution in [-0.2, 0) is 13.2 Å². The molecular weight excluding hydrogens is 406 g/mol. The summed E-state index contributed by atoms with van der Waals surface area (Å²) >= 11 is 11.6. The maximum Gasteiger partial charge on any atom is 0.199 e. The number of benzene rings is 1. The normalized spacial score (nSPS) is 11.0. The van der Waals surface area contributed by atoms with E-state index < -0.39 is 0 Å². The lowest BCUT2D eigenvalue weighted by Gasteiger charge is -2.16. The second-order valence-corrected chi connectivity index (χ2v) is 7.43. The summed E-state index contributed by atoms with van der Waals surface area (Å²) in [5.41, 5.74) is 0.928. The molecule has 0 aliphatic heterocycles. The van der Waals surface area contributed by atoms with Crippen LogP contribution < -0.4 is 4.74 Å². The van der Waals surface area contributed by atoms with Gasteiger partial charge in [0.2, 0.25) is 0 Å². The van der Waals surface area contributed by atoms with E-state index in [9.17, 15) is 0 Å². The molecule has 0 amide bonds. The van der Waals surface area contributed by atoms with E-state index in [1.165, 1.54) is 0 Å². The van der Waals surface area contributed by atoms with E-state index in [-0.39, 0.29) is 0 Å². The molecule has 3 rings (SSSR count). The average Bonchev–Trinajstić information content (AvgIpc) is 3.02. The monoisotopic (exact) mass is 429 g/mol. The van der Waals surface area contributed by atoms with E-state index in [4.69, 9.17) is 33.7 Å². The molecule has 0 fully saturated rings. The topological polar surface area (TPSA) is 48.1 Å². The minimum Gasteiger partial charge on any atom is -0.493 e. The fourth-order valence-corrected chi connectivity index (χ4v) is 3.36. The Morgan fingerprint density at radius 2 is 2.17 bits per heavy atom. The third-order valence-electron chi connectivity index (χ3n) is 4.28. The lowest BCUT2D eigenvalue weighted by atomic mass is 10.3. The van der Waals surface area contributed by atoms with Gasteiger partial charge in [-0.15, -0.1) is 6.58 Å². The Balaban J connectivity index is 1.60. The Labute approximate surface area is 181 Å². The number of rotatable bonds is 10. The lowest BCUT2D eigenvalue weighted by molar-refractivity contribution is 0.221. The molecule has 3 aromatic rings. The van der Waals surface area contributed by atoms with Gasteiger partial charge >= 0.3 is 0 Å². The summed E-state index contributed by atoms with van der Waals surface area (Å²) in [6, 6.07) is 11.3. The highest BCUT2D eigenvalue weighted by Crippen LogP contribution is 2.18. The molecule has 2 heterocycles. The predicted molar refractivity (Wildman–Crippen MR) is 119 cm³/mol. The second-order valence-electron chi connectivity index (χ2n) is 6.63. The van der Waals surface area contributed by atoms with Crippen molar-refractivity contribution < 1.29 is 4.74 Å². The van der Waals surface area contributed by atoms with E-state index in [0.717, 1.165) is 30.1 Å². The van der Waals surface area contributed by atoms with Crippen molar-refractivity contribution in [2.24, 2.45) is 0 Å². The zero-order valence-electron chi connectivity index (χ0n) is 16.4. The molecule has 0 atom stereocenters. The quantitative estimate of drug-likeness (QED) is 0.266. The highest BCUT2D eigenvalue weighted by Gasteiger charge is 2.13. The van der Waals surface area contributed by atoms with Crippen LogP contribution in [0, 0.1) is 4.77 Å². The number of hydrogen-bond donors (Lipinski definition) is 0. The van der Waals surface area contributed by atoms with Crippen molar-refractivity contribution in [3.8, 4) is 17.1 Å². The molecule has 0 radical (unpaired) electrons. The number of ether oxygens (including phenoxy) is 1. The molecule has 0 saturated heterocycles. The standard InChI is InChI=1S/C21H24ClN5OS/c1-3-11-26-20(17-7-5-10-23-15-17)24-27(21(26)29)16-25(2)12-6-13-28-19-9-4-8-18(22)14-19/h3-5,7-10,14-15H,1,6,11-13,16H2,2H3. The van der Waals surface area contributed by atoms with Gasteiger partial charge in [0, 0.05) is 36.1 Å². The third kappa shape index (κ3) is 5.76. The van der Waals surface area contributed by atoms with E-state index >= 15 is 0 Å². The van der Waals surface area contributed by atoms with Gasteiger partial charge in [-0.2, -0.15) is 5.10 Å². The molecule has 0 aliphatic carbocycles. The van der Waals surface area contributed by atoms with Crippen molar-refractivity contribution in [2.45, 2.75) is 19.6 Å². The number of hydrogen-bond acceptors (Lipinski definition) is 5. The predicted octanol–water partition coefficient (Wildman–Crippen LogP) is 4.67. The molecule has 2 aromatic heterocycles. The van der Waals surface area contributed by atoms with Crippen LogP contribution in [-0.4, -0.2) is 44.4 Å². The fraction of sp³-hybridized carbons (Fsp3) is 0.286. The van der Waals surface area contributed by atoms with Crippen LogP contribution in [0.4, 0.5) is 0 Å². The van der Waals surface area contributed by atoms with Crippen molar-refractivity contribution in [1.82, 2.24) is 24.2 Å². The van der Waals surface area contributed by atoms with Crippen molar-refractivity contribution in [2.75, 3.05) is 20.2 Å². The van der Waals surface area contributed by atoms with E-state index in [1.807, 2.05) is 58.8 Å². The minimum atomic E-state index is 0.591. The van der Waals surface area contributed by atoms with Crippen LogP contribution in [0.15, 0.2) is 61.4 Å². The smallest absolute Gasteiger partial charge is 0.199 e. The number of pyridine rings is 1. The van der Waals surface area contributed by atoms with Crippen LogP contribution in [0.1, 0.15) is 6.42 Å². The van der Waals surface area contributed by atoms with Gasteiger partial charge in [0.1, 0.15) is 5.75 Å². The molecule has 0 bridgehead atoms. The first kappa shape index (κ1) is 21.2. The maximum absolute atomic E-state index is 5.97. The van der Waals surface area contributed by atoms with Crippen LogP contribution in [0.2, 0.25) is 5.02 Å². The SMILES string of the molecule is C=CCn1c(-c2cccnc2)nn(CN(C)CCCOc2cccc(Cl)c2)c1=S. The van der Waals surface area contributed by atoms with Crippen LogP contribution in [0.3, 0.4) is 0 Å². The fourth-order valence-electron chi connectivity index (χ4n) is 2.92. The molecule has 0 spiro atoms. The summed E-state index contributed by atoms with van der Waals surface area (Å²) < 4.78 is 10.2. The number of nitrogens with zero attached hydrogens (tertiary/aromatic N) is 5. The number of halogens is 1. The number of aromatic nitrogens is 4. The second kappa shape index (κ2) is 10.3. The Bertz CT molecular complexity index is 1000. The zero-order chi connectivity index (χ0) is 20.6. The van der Waals surface area contributed by atoms with Gasteiger partial charge in [0.15, 0.2) is 10.6 Å². The van der Waals surface area contributed by atoms with Crippen molar-refractivity contribution >= 4 is 23.8 Å². The van der Waals surface area contributed by atoms with Gasteiger partial charge in [-0.25, -0.2) is 4.68 Å². The highest BCUT2D eigenvalue weighted by molar-refractivity contribution is 7.71. The van der Waals surface area contributed by atoms with E-state index in [2.05, 4.69) is 16.5 Å². The Hall–Kier alpha value is -2.48. The number of allylic oxidation sites excluding steroid dienone is 1. The molecule has 29 heavy (non-hydrogen) atoms. The first-order chi connectivity index (χ1) is 14.1. The molecule has 152 valence electrons. The highest BCUT2D eigenvalue weighted by atomic mass is 35.5. The summed E-state index contributed by atoms with van der Waals surface area (Å²) in [6.45, 7) is 6.48. The summed E-state index contributed by atoms with van der Waals surface area (Å²) in [4.78, 5) is 6.35. The summed E-state index contributed by atoms with van der Waals surface area (Å²) in [6.07, 6.45) is 6.22. The van der Waals surface area contributed by atoms with E-state index in [0.29, 0.717) is 29.6 Å². The minimum absolute atomic E-state index is 0.591. The Morgan fingerprint density at radius 3 is 2.90 bits per heavy atom. The van der Waals surface area contributed by atoms with Gasteiger partial charge in [0.05, 0.1) is 13.3 Å². The van der Waals surface area contributed by atoms with Crippen molar-refractivity contribution in [1.29, 1.82) is 0 Å². The average molecular weight is 430 g/mol. The summed E-state index contributed by atoms with van der Waals surface area (Å²) in [7, 11) is 2.04. The molecule has 0 unspecified atom stereocenters. The van der Waals surface area contributed by atoms with Gasteiger partial charge in [-0.1, -0.05) is 23.7 Å². The first-order valence-corrected chi connectivity index (χ1v) is 10.1. The van der Waals surface area contributed by atoms with Crippen molar-refractivity contribution in [3.63, 3.8) is 0 Å². The Morgan fingerprint density at radius 1 is 1.31 bits per heavy atom. The molecule has 8 heteroatoms. The largest absolute Gasteiger partial charge is 0.493 e. The molecule has 0 aliphatic rings. The molecule has 1 aromatic carbocycles. The van der Waals surface area contributed by atoms with Crippen LogP contribution in [0.25, 0.3) is 11.4 Å². The molecule has 0 N–H and O–H groups in total. The van der Waals surface area contributed by atoms with E-state index in [1.54, 1.807) is 12.4 Å². The van der Waals surface area contributed by atoms with Crippen molar-refractivity contribution in [3.05, 3.63) is 71.2 Å². The van der Waals surface area contributed by atoms with Crippen LogP contribution >= 0.6 is 23.8 Å².